The number of aryl methyl sites for hydroxylation is 2. The number of carbonyl (C=O) groups excluding carboxylic acids is 1. The van der Waals surface area contributed by atoms with Crippen LogP contribution in [0.25, 0.3) is 0 Å². The minimum absolute atomic E-state index is 0.252. The Balaban J connectivity index is 1.97. The predicted molar refractivity (Wildman–Crippen MR) is 67.0 cm³/mol. The highest BCUT2D eigenvalue weighted by atomic mass is 19.4. The number of halogens is 3. The molecule has 0 atom stereocenters. The molecule has 0 unspecified atom stereocenters. The highest BCUT2D eigenvalue weighted by Gasteiger charge is 2.34. The number of carbonyl (C=O) groups is 1. The summed E-state index contributed by atoms with van der Waals surface area (Å²) in [7, 11) is 1.73. The highest BCUT2D eigenvalue weighted by Crippen LogP contribution is 2.28. The number of hydrogen-bond donors (Lipinski definition) is 1. The molecule has 2 rings (SSSR count). The molecular weight excluding hydrogens is 287 g/mol. The van der Waals surface area contributed by atoms with Crippen molar-refractivity contribution in [2.75, 3.05) is 0 Å². The van der Waals surface area contributed by atoms with E-state index in [4.69, 9.17) is 0 Å². The molecule has 0 fully saturated rings. The van der Waals surface area contributed by atoms with Gasteiger partial charge in [-0.2, -0.15) is 23.4 Å². The van der Waals surface area contributed by atoms with Crippen molar-refractivity contribution >= 4 is 5.91 Å². The number of amides is 1. The molecule has 21 heavy (non-hydrogen) atoms. The average Bonchev–Trinajstić information content (AvgIpc) is 2.94. The molecule has 0 saturated heterocycles. The Morgan fingerprint density at radius 1 is 1.43 bits per heavy atom. The van der Waals surface area contributed by atoms with Gasteiger partial charge < -0.3 is 5.32 Å². The Hall–Kier alpha value is -2.32. The van der Waals surface area contributed by atoms with Crippen LogP contribution in [-0.4, -0.2) is 25.5 Å². The lowest BCUT2D eigenvalue weighted by atomic mass is 10.3. The van der Waals surface area contributed by atoms with Crippen molar-refractivity contribution in [2.24, 2.45) is 7.05 Å². The van der Waals surface area contributed by atoms with Gasteiger partial charge in [-0.25, -0.2) is 0 Å². The van der Waals surface area contributed by atoms with Gasteiger partial charge in [0.05, 0.1) is 12.2 Å². The third kappa shape index (κ3) is 3.61. The number of alkyl halides is 3. The molecule has 2 heterocycles. The Labute approximate surface area is 118 Å². The first-order valence-electron chi connectivity index (χ1n) is 6.12. The van der Waals surface area contributed by atoms with Crippen molar-refractivity contribution in [3.63, 3.8) is 0 Å². The van der Waals surface area contributed by atoms with Gasteiger partial charge in [0, 0.05) is 18.9 Å². The summed E-state index contributed by atoms with van der Waals surface area (Å²) in [6, 6.07) is 2.65. The molecule has 2 aromatic heterocycles. The summed E-state index contributed by atoms with van der Waals surface area (Å²) in [5.74, 6) is -0.420. The number of nitrogens with zero attached hydrogens (tertiary/aromatic N) is 4. The molecule has 1 N–H and O–H groups in total. The molecule has 114 valence electrons. The molecule has 0 aromatic carbocycles. The lowest BCUT2D eigenvalue weighted by Gasteiger charge is -2.07. The fourth-order valence-corrected chi connectivity index (χ4v) is 1.76. The monoisotopic (exact) mass is 301 g/mol. The largest absolute Gasteiger partial charge is 0.435 e. The summed E-state index contributed by atoms with van der Waals surface area (Å²) in [5, 5.41) is 9.95. The molecule has 6 nitrogen and oxygen atoms in total. The molecule has 0 radical (unpaired) electrons. The minimum atomic E-state index is -4.51. The predicted octanol–water partition coefficient (Wildman–Crippen LogP) is 1.26. The van der Waals surface area contributed by atoms with Crippen molar-refractivity contribution in [1.82, 2.24) is 24.9 Å². The first-order chi connectivity index (χ1) is 9.77. The second-order valence-electron chi connectivity index (χ2n) is 4.55. The summed E-state index contributed by atoms with van der Waals surface area (Å²) < 4.78 is 40.2. The zero-order valence-corrected chi connectivity index (χ0v) is 11.5. The number of aromatic nitrogens is 4. The Kier molecular flexibility index (Phi) is 4.01. The van der Waals surface area contributed by atoms with E-state index in [0.29, 0.717) is 0 Å². The van der Waals surface area contributed by atoms with Crippen LogP contribution in [0.4, 0.5) is 13.2 Å². The van der Waals surface area contributed by atoms with Crippen LogP contribution in [0.15, 0.2) is 18.3 Å². The lowest BCUT2D eigenvalue weighted by Crippen LogP contribution is -2.28. The Morgan fingerprint density at radius 3 is 2.67 bits per heavy atom. The molecular formula is C12H14F3N5O. The fourth-order valence-electron chi connectivity index (χ4n) is 1.76. The van der Waals surface area contributed by atoms with Gasteiger partial charge in [-0.15, -0.1) is 0 Å². The molecule has 2 aromatic rings. The van der Waals surface area contributed by atoms with Crippen molar-refractivity contribution in [3.05, 3.63) is 35.4 Å². The second kappa shape index (κ2) is 5.58. The summed E-state index contributed by atoms with van der Waals surface area (Å²) >= 11 is 0. The van der Waals surface area contributed by atoms with Crippen LogP contribution in [0.2, 0.25) is 0 Å². The number of nitrogens with one attached hydrogen (secondary N) is 1. The van der Waals surface area contributed by atoms with Crippen molar-refractivity contribution < 1.29 is 18.0 Å². The van der Waals surface area contributed by atoms with E-state index in [0.717, 1.165) is 16.4 Å². The topological polar surface area (TPSA) is 64.7 Å². The zero-order chi connectivity index (χ0) is 15.6. The van der Waals surface area contributed by atoms with Crippen LogP contribution in [0.3, 0.4) is 0 Å². The van der Waals surface area contributed by atoms with Gasteiger partial charge in [0.25, 0.3) is 0 Å². The first-order valence-corrected chi connectivity index (χ1v) is 6.12. The van der Waals surface area contributed by atoms with Crippen LogP contribution in [0.1, 0.15) is 17.1 Å². The van der Waals surface area contributed by atoms with E-state index in [1.165, 1.54) is 6.92 Å². The standard InChI is InChI=1S/C12H14F3N5O/c1-8-5-10(12(13,14)15)18-20(8)7-11(21)16-6-9-3-4-17-19(9)2/h3-5H,6-7H2,1-2H3,(H,16,21). The van der Waals surface area contributed by atoms with Gasteiger partial charge in [-0.1, -0.05) is 0 Å². The summed E-state index contributed by atoms with van der Waals surface area (Å²) in [5.41, 5.74) is 0.0639. The van der Waals surface area contributed by atoms with Crippen molar-refractivity contribution in [2.45, 2.75) is 26.2 Å². The third-order valence-corrected chi connectivity index (χ3v) is 2.95. The van der Waals surface area contributed by atoms with Crippen molar-refractivity contribution in [3.8, 4) is 0 Å². The van der Waals surface area contributed by atoms with Crippen LogP contribution in [0.5, 0.6) is 0 Å². The molecule has 0 bridgehead atoms. The van der Waals surface area contributed by atoms with E-state index < -0.39 is 17.8 Å². The minimum Gasteiger partial charge on any atom is -0.349 e. The van der Waals surface area contributed by atoms with Gasteiger partial charge in [-0.05, 0) is 19.1 Å². The SMILES string of the molecule is Cc1cc(C(F)(F)F)nn1CC(=O)NCc1ccnn1C. The number of hydrogen-bond acceptors (Lipinski definition) is 3. The summed E-state index contributed by atoms with van der Waals surface area (Å²) in [6.07, 6.45) is -2.92. The molecule has 0 spiro atoms. The maximum Gasteiger partial charge on any atom is 0.435 e. The average molecular weight is 301 g/mol. The van der Waals surface area contributed by atoms with E-state index in [1.54, 1.807) is 24.0 Å². The van der Waals surface area contributed by atoms with Crippen LogP contribution < -0.4 is 5.32 Å². The van der Waals surface area contributed by atoms with Gasteiger partial charge in [0.2, 0.25) is 5.91 Å². The fraction of sp³-hybridized carbons (Fsp3) is 0.417. The second-order valence-corrected chi connectivity index (χ2v) is 4.55. The Bertz CT molecular complexity index is 644. The first kappa shape index (κ1) is 15.1. The van der Waals surface area contributed by atoms with E-state index in [1.807, 2.05) is 0 Å². The maximum absolute atomic E-state index is 12.5. The maximum atomic E-state index is 12.5. The van der Waals surface area contributed by atoms with E-state index in [-0.39, 0.29) is 18.8 Å². The van der Waals surface area contributed by atoms with Crippen LogP contribution in [0, 0.1) is 6.92 Å². The van der Waals surface area contributed by atoms with Crippen molar-refractivity contribution in [1.29, 1.82) is 0 Å². The lowest BCUT2D eigenvalue weighted by molar-refractivity contribution is -0.141. The molecule has 0 saturated carbocycles. The summed E-state index contributed by atoms with van der Waals surface area (Å²) in [4.78, 5) is 11.7. The van der Waals surface area contributed by atoms with Crippen LogP contribution in [-0.2, 0) is 31.1 Å². The quantitative estimate of drug-likeness (QED) is 0.924. The Morgan fingerprint density at radius 2 is 2.14 bits per heavy atom. The van der Waals surface area contributed by atoms with Gasteiger partial charge >= 0.3 is 6.18 Å². The molecule has 0 aliphatic carbocycles. The molecule has 0 aliphatic heterocycles. The summed E-state index contributed by atoms with van der Waals surface area (Å²) in [6.45, 7) is 1.46. The highest BCUT2D eigenvalue weighted by molar-refractivity contribution is 5.75. The third-order valence-electron chi connectivity index (χ3n) is 2.95. The van der Waals surface area contributed by atoms with E-state index in [9.17, 15) is 18.0 Å². The molecule has 1 amide bonds. The van der Waals surface area contributed by atoms with E-state index in [2.05, 4.69) is 15.5 Å². The van der Waals surface area contributed by atoms with Gasteiger partial charge in [-0.3, -0.25) is 14.2 Å². The zero-order valence-electron chi connectivity index (χ0n) is 11.5. The van der Waals surface area contributed by atoms with Crippen LogP contribution >= 0.6 is 0 Å². The van der Waals surface area contributed by atoms with Gasteiger partial charge in [0.1, 0.15) is 6.54 Å². The van der Waals surface area contributed by atoms with E-state index >= 15 is 0 Å². The smallest absolute Gasteiger partial charge is 0.349 e. The molecule has 0 aliphatic rings. The van der Waals surface area contributed by atoms with Gasteiger partial charge in [0.15, 0.2) is 5.69 Å². The molecule has 9 heteroatoms. The normalized spacial score (nSPS) is 11.7. The number of rotatable bonds is 4.